The van der Waals surface area contributed by atoms with Crippen LogP contribution in [-0.4, -0.2) is 32.1 Å². The van der Waals surface area contributed by atoms with E-state index in [0.29, 0.717) is 24.0 Å². The van der Waals surface area contributed by atoms with E-state index in [1.54, 1.807) is 13.2 Å². The summed E-state index contributed by atoms with van der Waals surface area (Å²) >= 11 is 3.10. The molecule has 0 heterocycles. The van der Waals surface area contributed by atoms with E-state index in [9.17, 15) is 14.0 Å². The maximum Gasteiger partial charge on any atom is 0.313 e. The molecule has 0 radical (unpaired) electrons. The molecule has 0 saturated heterocycles. The van der Waals surface area contributed by atoms with Crippen LogP contribution >= 0.6 is 15.9 Å². The number of hydrogen-bond donors (Lipinski definition) is 2. The number of amides is 2. The molecular weight excluding hydrogens is 319 g/mol. The molecule has 0 aromatic heterocycles. The minimum Gasteiger partial charge on any atom is -0.385 e. The Morgan fingerprint density at radius 2 is 2.11 bits per heavy atom. The molecule has 0 saturated carbocycles. The summed E-state index contributed by atoms with van der Waals surface area (Å²) in [5.74, 6) is -2.33. The number of carbonyl (C=O) groups excluding carboxylic acids is 2. The summed E-state index contributed by atoms with van der Waals surface area (Å²) in [4.78, 5) is 22.9. The van der Waals surface area contributed by atoms with Crippen molar-refractivity contribution in [3.8, 4) is 0 Å². The Labute approximate surface area is 118 Å². The molecule has 0 spiro atoms. The molecule has 2 amide bonds. The zero-order valence-electron chi connectivity index (χ0n) is 10.3. The highest BCUT2D eigenvalue weighted by Gasteiger charge is 2.14. The van der Waals surface area contributed by atoms with Crippen LogP contribution in [0.3, 0.4) is 0 Å². The highest BCUT2D eigenvalue weighted by molar-refractivity contribution is 9.10. The average molecular weight is 333 g/mol. The molecule has 1 rings (SSSR count). The normalized spacial score (nSPS) is 10.1. The van der Waals surface area contributed by atoms with Gasteiger partial charge in [-0.15, -0.1) is 0 Å². The fourth-order valence-corrected chi connectivity index (χ4v) is 1.60. The van der Waals surface area contributed by atoms with Crippen molar-refractivity contribution in [3.63, 3.8) is 0 Å². The predicted molar refractivity (Wildman–Crippen MR) is 72.2 cm³/mol. The van der Waals surface area contributed by atoms with E-state index in [1.807, 2.05) is 0 Å². The standard InChI is InChI=1S/C12H14BrFN2O3/c1-19-6-2-5-15-11(17)12(18)16-10-4-3-8(13)7-9(10)14/h3-4,7H,2,5-6H2,1H3,(H,15,17)(H,16,18). The third kappa shape index (κ3) is 5.35. The van der Waals surface area contributed by atoms with E-state index in [-0.39, 0.29) is 5.69 Å². The van der Waals surface area contributed by atoms with Crippen LogP contribution in [0.4, 0.5) is 10.1 Å². The maximum atomic E-state index is 13.4. The second-order valence-corrected chi connectivity index (χ2v) is 4.60. The summed E-state index contributed by atoms with van der Waals surface area (Å²) in [6.45, 7) is 0.812. The maximum absolute atomic E-state index is 13.4. The van der Waals surface area contributed by atoms with Crippen LogP contribution in [-0.2, 0) is 14.3 Å². The fraction of sp³-hybridized carbons (Fsp3) is 0.333. The number of hydrogen-bond acceptors (Lipinski definition) is 3. The van der Waals surface area contributed by atoms with Gasteiger partial charge in [0.25, 0.3) is 0 Å². The molecule has 0 unspecified atom stereocenters. The van der Waals surface area contributed by atoms with E-state index in [4.69, 9.17) is 4.74 Å². The van der Waals surface area contributed by atoms with Gasteiger partial charge < -0.3 is 15.4 Å². The molecule has 7 heteroatoms. The number of nitrogens with one attached hydrogen (secondary N) is 2. The van der Waals surface area contributed by atoms with Gasteiger partial charge in [0, 0.05) is 24.7 Å². The van der Waals surface area contributed by atoms with Crippen LogP contribution in [0.15, 0.2) is 22.7 Å². The Kier molecular flexibility index (Phi) is 6.44. The molecule has 19 heavy (non-hydrogen) atoms. The molecule has 2 N–H and O–H groups in total. The lowest BCUT2D eigenvalue weighted by molar-refractivity contribution is -0.136. The molecule has 5 nitrogen and oxygen atoms in total. The number of rotatable bonds is 5. The highest BCUT2D eigenvalue weighted by Crippen LogP contribution is 2.19. The fourth-order valence-electron chi connectivity index (χ4n) is 1.27. The van der Waals surface area contributed by atoms with E-state index in [0.717, 1.165) is 0 Å². The van der Waals surface area contributed by atoms with Gasteiger partial charge in [0.1, 0.15) is 5.82 Å². The molecule has 0 aliphatic heterocycles. The SMILES string of the molecule is COCCCNC(=O)C(=O)Nc1ccc(Br)cc1F. The van der Waals surface area contributed by atoms with Gasteiger partial charge >= 0.3 is 11.8 Å². The molecular formula is C12H14BrFN2O3. The van der Waals surface area contributed by atoms with Crippen LogP contribution in [0.25, 0.3) is 0 Å². The van der Waals surface area contributed by atoms with Crippen LogP contribution in [0, 0.1) is 5.82 Å². The number of halogens is 2. The van der Waals surface area contributed by atoms with Crippen molar-refractivity contribution in [3.05, 3.63) is 28.5 Å². The predicted octanol–water partition coefficient (Wildman–Crippen LogP) is 1.68. The molecule has 0 atom stereocenters. The zero-order valence-corrected chi connectivity index (χ0v) is 11.9. The minimum absolute atomic E-state index is 0.0414. The average Bonchev–Trinajstić information content (AvgIpc) is 2.37. The quantitative estimate of drug-likeness (QED) is 0.636. The van der Waals surface area contributed by atoms with Crippen LogP contribution < -0.4 is 10.6 Å². The number of ether oxygens (including phenoxy) is 1. The molecule has 1 aromatic carbocycles. The second-order valence-electron chi connectivity index (χ2n) is 3.68. The minimum atomic E-state index is -0.904. The zero-order chi connectivity index (χ0) is 14.3. The first-order valence-electron chi connectivity index (χ1n) is 5.57. The summed E-state index contributed by atoms with van der Waals surface area (Å²) in [5, 5.41) is 4.61. The van der Waals surface area contributed by atoms with Crippen molar-refractivity contribution in [1.82, 2.24) is 5.32 Å². The summed E-state index contributed by atoms with van der Waals surface area (Å²) in [6.07, 6.45) is 0.599. The van der Waals surface area contributed by atoms with Gasteiger partial charge in [-0.25, -0.2) is 4.39 Å². The molecule has 1 aromatic rings. The van der Waals surface area contributed by atoms with E-state index >= 15 is 0 Å². The molecule has 0 aliphatic rings. The molecule has 0 bridgehead atoms. The molecule has 104 valence electrons. The van der Waals surface area contributed by atoms with E-state index < -0.39 is 17.6 Å². The van der Waals surface area contributed by atoms with Crippen molar-refractivity contribution in [2.75, 3.05) is 25.6 Å². The first-order chi connectivity index (χ1) is 9.04. The van der Waals surface area contributed by atoms with Crippen molar-refractivity contribution in [2.24, 2.45) is 0 Å². The third-order valence-corrected chi connectivity index (χ3v) is 2.69. The number of benzene rings is 1. The van der Waals surface area contributed by atoms with Crippen molar-refractivity contribution >= 4 is 33.4 Å². The van der Waals surface area contributed by atoms with Crippen LogP contribution in [0.1, 0.15) is 6.42 Å². The number of carbonyl (C=O) groups is 2. The molecule has 0 aliphatic carbocycles. The lowest BCUT2D eigenvalue weighted by Crippen LogP contribution is -2.36. The Balaban J connectivity index is 2.47. The Morgan fingerprint density at radius 1 is 1.37 bits per heavy atom. The lowest BCUT2D eigenvalue weighted by atomic mass is 10.3. The third-order valence-electron chi connectivity index (χ3n) is 2.20. The van der Waals surface area contributed by atoms with Crippen molar-refractivity contribution in [1.29, 1.82) is 0 Å². The van der Waals surface area contributed by atoms with Crippen LogP contribution in [0.2, 0.25) is 0 Å². The van der Waals surface area contributed by atoms with Gasteiger partial charge in [-0.05, 0) is 24.6 Å². The first kappa shape index (κ1) is 15.6. The highest BCUT2D eigenvalue weighted by atomic mass is 79.9. The van der Waals surface area contributed by atoms with E-state index in [2.05, 4.69) is 26.6 Å². The lowest BCUT2D eigenvalue weighted by Gasteiger charge is -2.07. The summed E-state index contributed by atoms with van der Waals surface area (Å²) in [7, 11) is 1.55. The van der Waals surface area contributed by atoms with Gasteiger partial charge in [-0.2, -0.15) is 0 Å². The van der Waals surface area contributed by atoms with Crippen molar-refractivity contribution in [2.45, 2.75) is 6.42 Å². The Morgan fingerprint density at radius 3 is 2.74 bits per heavy atom. The van der Waals surface area contributed by atoms with Gasteiger partial charge in [0.2, 0.25) is 0 Å². The summed E-state index contributed by atoms with van der Waals surface area (Å²) in [6, 6.07) is 4.14. The molecule has 0 fully saturated rings. The van der Waals surface area contributed by atoms with Gasteiger partial charge in [-0.3, -0.25) is 9.59 Å². The largest absolute Gasteiger partial charge is 0.385 e. The van der Waals surface area contributed by atoms with Crippen LogP contribution in [0.5, 0.6) is 0 Å². The van der Waals surface area contributed by atoms with Gasteiger partial charge in [0.15, 0.2) is 0 Å². The Bertz CT molecular complexity index is 468. The van der Waals surface area contributed by atoms with Gasteiger partial charge in [-0.1, -0.05) is 15.9 Å². The first-order valence-corrected chi connectivity index (χ1v) is 6.37. The van der Waals surface area contributed by atoms with Gasteiger partial charge in [0.05, 0.1) is 5.69 Å². The smallest absolute Gasteiger partial charge is 0.313 e. The second kappa shape index (κ2) is 7.85. The number of methoxy groups -OCH3 is 1. The summed E-state index contributed by atoms with van der Waals surface area (Å²) < 4.78 is 18.8. The topological polar surface area (TPSA) is 67.4 Å². The number of anilines is 1. The Hall–Kier alpha value is -1.47. The summed E-state index contributed by atoms with van der Waals surface area (Å²) in [5.41, 5.74) is -0.0414. The van der Waals surface area contributed by atoms with E-state index in [1.165, 1.54) is 12.1 Å². The van der Waals surface area contributed by atoms with Crippen molar-refractivity contribution < 1.29 is 18.7 Å². The monoisotopic (exact) mass is 332 g/mol.